The van der Waals surface area contributed by atoms with Crippen LogP contribution in [0.25, 0.3) is 10.9 Å². The number of nitrogens with one attached hydrogen (secondary N) is 1. The third-order valence-corrected chi connectivity index (χ3v) is 6.57. The normalized spacial score (nSPS) is 20.1. The average molecular weight is 425 g/mol. The summed E-state index contributed by atoms with van der Waals surface area (Å²) in [5.74, 6) is 0.691. The Morgan fingerprint density at radius 2 is 1.87 bits per heavy atom. The molecule has 1 aliphatic carbocycles. The summed E-state index contributed by atoms with van der Waals surface area (Å²) in [7, 11) is 0. The third-order valence-electron chi connectivity index (χ3n) is 6.32. The predicted molar refractivity (Wildman–Crippen MR) is 119 cm³/mol. The number of nitrogens with zero attached hydrogens (tertiary/aromatic N) is 1. The van der Waals surface area contributed by atoms with Gasteiger partial charge < -0.3 is 5.32 Å². The summed E-state index contributed by atoms with van der Waals surface area (Å²) in [6, 6.07) is 14.4. The first kappa shape index (κ1) is 20.8. The Morgan fingerprint density at radius 3 is 2.60 bits per heavy atom. The molecule has 1 fully saturated rings. The Kier molecular flexibility index (Phi) is 6.33. The maximum atomic E-state index is 13.8. The lowest BCUT2D eigenvalue weighted by Gasteiger charge is -2.33. The number of hydrogen-bond donors (Lipinski definition) is 1. The molecule has 5 heteroatoms. The first-order chi connectivity index (χ1) is 14.5. The van der Waals surface area contributed by atoms with Gasteiger partial charge in [-0.1, -0.05) is 23.7 Å². The SMILES string of the molecule is C[C@@H](NC(=O)Cc1ccc(Cl)cc1)C1CCC(c2ccnc3ccc(F)cc23)CC1. The van der Waals surface area contributed by atoms with Crippen molar-refractivity contribution in [3.05, 3.63) is 76.7 Å². The van der Waals surface area contributed by atoms with Crippen molar-refractivity contribution >= 4 is 28.4 Å². The highest BCUT2D eigenvalue weighted by molar-refractivity contribution is 6.30. The molecule has 1 heterocycles. The number of fused-ring (bicyclic) bond motifs is 1. The van der Waals surface area contributed by atoms with Gasteiger partial charge in [0.05, 0.1) is 11.9 Å². The molecule has 0 bridgehead atoms. The zero-order valence-corrected chi connectivity index (χ0v) is 17.8. The Bertz CT molecular complexity index is 1030. The van der Waals surface area contributed by atoms with Crippen LogP contribution >= 0.6 is 11.6 Å². The molecule has 1 atom stereocenters. The Hall–Kier alpha value is -2.46. The molecule has 3 nitrogen and oxygen atoms in total. The number of rotatable bonds is 5. The summed E-state index contributed by atoms with van der Waals surface area (Å²) < 4.78 is 13.8. The molecule has 4 rings (SSSR count). The highest BCUT2D eigenvalue weighted by atomic mass is 35.5. The van der Waals surface area contributed by atoms with Crippen LogP contribution in [-0.4, -0.2) is 16.9 Å². The highest BCUT2D eigenvalue weighted by Crippen LogP contribution is 2.39. The standard InChI is InChI=1S/C25H26ClFN2O/c1-16(29-25(30)14-17-2-8-20(26)9-3-17)18-4-6-19(7-5-18)22-12-13-28-24-11-10-21(27)15-23(22)24/h2-3,8-13,15-16,18-19H,4-7,14H2,1H3,(H,29,30)/t16-,18?,19?/m1/s1. The van der Waals surface area contributed by atoms with Gasteiger partial charge in [0, 0.05) is 22.6 Å². The Balaban J connectivity index is 1.34. The van der Waals surface area contributed by atoms with Gasteiger partial charge in [0.15, 0.2) is 0 Å². The van der Waals surface area contributed by atoms with Crippen molar-refractivity contribution in [2.45, 2.75) is 51.0 Å². The molecule has 1 aromatic heterocycles. The molecule has 1 saturated carbocycles. The maximum Gasteiger partial charge on any atom is 0.224 e. The van der Waals surface area contributed by atoms with Crippen LogP contribution in [0.4, 0.5) is 4.39 Å². The molecule has 0 saturated heterocycles. The van der Waals surface area contributed by atoms with E-state index in [4.69, 9.17) is 11.6 Å². The number of amides is 1. The summed E-state index contributed by atoms with van der Waals surface area (Å²) in [5.41, 5.74) is 3.00. The van der Waals surface area contributed by atoms with E-state index >= 15 is 0 Å². The van der Waals surface area contributed by atoms with Crippen molar-refractivity contribution < 1.29 is 9.18 Å². The number of pyridine rings is 1. The van der Waals surface area contributed by atoms with Crippen molar-refractivity contribution in [1.29, 1.82) is 0 Å². The molecule has 0 aliphatic heterocycles. The van der Waals surface area contributed by atoms with Crippen molar-refractivity contribution in [2.75, 3.05) is 0 Å². The maximum absolute atomic E-state index is 13.8. The average Bonchev–Trinajstić information content (AvgIpc) is 2.75. The fourth-order valence-corrected chi connectivity index (χ4v) is 4.76. The minimum absolute atomic E-state index is 0.0440. The van der Waals surface area contributed by atoms with Crippen LogP contribution in [0.3, 0.4) is 0 Å². The van der Waals surface area contributed by atoms with Crippen LogP contribution in [0.5, 0.6) is 0 Å². The van der Waals surface area contributed by atoms with Gasteiger partial charge in [0.2, 0.25) is 5.91 Å². The largest absolute Gasteiger partial charge is 0.353 e. The van der Waals surface area contributed by atoms with E-state index in [1.165, 1.54) is 11.6 Å². The fourth-order valence-electron chi connectivity index (χ4n) is 4.64. The number of halogens is 2. The number of hydrogen-bond acceptors (Lipinski definition) is 2. The van der Waals surface area contributed by atoms with Crippen molar-refractivity contribution in [3.8, 4) is 0 Å². The lowest BCUT2D eigenvalue weighted by molar-refractivity contribution is -0.121. The molecule has 0 spiro atoms. The second-order valence-electron chi connectivity index (χ2n) is 8.33. The van der Waals surface area contributed by atoms with E-state index in [9.17, 15) is 9.18 Å². The van der Waals surface area contributed by atoms with Crippen LogP contribution in [0.1, 0.15) is 49.7 Å². The second-order valence-corrected chi connectivity index (χ2v) is 8.77. The van der Waals surface area contributed by atoms with Gasteiger partial charge in [-0.15, -0.1) is 0 Å². The van der Waals surface area contributed by atoms with Gasteiger partial charge in [-0.05, 0) is 92.0 Å². The minimum Gasteiger partial charge on any atom is -0.353 e. The van der Waals surface area contributed by atoms with E-state index in [2.05, 4.69) is 17.2 Å². The van der Waals surface area contributed by atoms with Crippen LogP contribution < -0.4 is 5.32 Å². The van der Waals surface area contributed by atoms with E-state index in [1.54, 1.807) is 12.1 Å². The van der Waals surface area contributed by atoms with Gasteiger partial charge in [-0.25, -0.2) is 4.39 Å². The van der Waals surface area contributed by atoms with Crippen LogP contribution in [0.2, 0.25) is 5.02 Å². The second kappa shape index (κ2) is 9.13. The topological polar surface area (TPSA) is 42.0 Å². The number of carbonyl (C=O) groups is 1. The molecule has 1 N–H and O–H groups in total. The van der Waals surface area contributed by atoms with Crippen LogP contribution in [-0.2, 0) is 11.2 Å². The van der Waals surface area contributed by atoms with Crippen LogP contribution in [0.15, 0.2) is 54.7 Å². The fraction of sp³-hybridized carbons (Fsp3) is 0.360. The molecular formula is C25H26ClFN2O. The predicted octanol–water partition coefficient (Wildman–Crippen LogP) is 6.05. The van der Waals surface area contributed by atoms with E-state index in [1.807, 2.05) is 36.5 Å². The van der Waals surface area contributed by atoms with Gasteiger partial charge in [-0.3, -0.25) is 9.78 Å². The van der Waals surface area contributed by atoms with Crippen molar-refractivity contribution in [1.82, 2.24) is 10.3 Å². The van der Waals surface area contributed by atoms with Gasteiger partial charge in [-0.2, -0.15) is 0 Å². The molecule has 0 radical (unpaired) electrons. The molecule has 1 aliphatic rings. The summed E-state index contributed by atoms with van der Waals surface area (Å²) in [4.78, 5) is 16.8. The molecule has 1 amide bonds. The summed E-state index contributed by atoms with van der Waals surface area (Å²) >= 11 is 5.91. The van der Waals surface area contributed by atoms with Crippen LogP contribution in [0, 0.1) is 11.7 Å². The number of benzene rings is 2. The summed E-state index contributed by atoms with van der Waals surface area (Å²) in [6.07, 6.45) is 6.36. The monoisotopic (exact) mass is 424 g/mol. The minimum atomic E-state index is -0.220. The van der Waals surface area contributed by atoms with Crippen molar-refractivity contribution in [3.63, 3.8) is 0 Å². The lowest BCUT2D eigenvalue weighted by atomic mass is 9.75. The number of carbonyl (C=O) groups excluding carboxylic acids is 1. The molecule has 2 aromatic carbocycles. The van der Waals surface area contributed by atoms with E-state index in [0.717, 1.165) is 42.1 Å². The molecule has 30 heavy (non-hydrogen) atoms. The van der Waals surface area contributed by atoms with E-state index in [-0.39, 0.29) is 17.8 Å². The van der Waals surface area contributed by atoms with E-state index in [0.29, 0.717) is 23.3 Å². The summed E-state index contributed by atoms with van der Waals surface area (Å²) in [6.45, 7) is 2.10. The lowest BCUT2D eigenvalue weighted by Crippen LogP contribution is -2.40. The Labute approximate surface area is 181 Å². The van der Waals surface area contributed by atoms with Gasteiger partial charge in [0.25, 0.3) is 0 Å². The van der Waals surface area contributed by atoms with Gasteiger partial charge >= 0.3 is 0 Å². The highest BCUT2D eigenvalue weighted by Gasteiger charge is 2.27. The van der Waals surface area contributed by atoms with Crippen molar-refractivity contribution in [2.24, 2.45) is 5.92 Å². The smallest absolute Gasteiger partial charge is 0.224 e. The molecule has 3 aromatic rings. The zero-order chi connectivity index (χ0) is 21.1. The quantitative estimate of drug-likeness (QED) is 0.541. The zero-order valence-electron chi connectivity index (χ0n) is 17.1. The molecular weight excluding hydrogens is 399 g/mol. The Morgan fingerprint density at radius 1 is 1.13 bits per heavy atom. The first-order valence-corrected chi connectivity index (χ1v) is 11.0. The first-order valence-electron chi connectivity index (χ1n) is 10.6. The third kappa shape index (κ3) is 4.81. The van der Waals surface area contributed by atoms with E-state index < -0.39 is 0 Å². The van der Waals surface area contributed by atoms with Gasteiger partial charge in [0.1, 0.15) is 5.82 Å². The number of aromatic nitrogens is 1. The molecule has 156 valence electrons. The molecule has 0 unspecified atom stereocenters. The summed E-state index contributed by atoms with van der Waals surface area (Å²) in [5, 5.41) is 4.77.